The van der Waals surface area contributed by atoms with Crippen molar-refractivity contribution in [2.75, 3.05) is 19.6 Å². The van der Waals surface area contributed by atoms with Crippen molar-refractivity contribution >= 4 is 0 Å². The number of likely N-dealkylation sites (tertiary alicyclic amines) is 1. The molecule has 1 N–H and O–H groups in total. The largest absolute Gasteiger partial charge is 0.312 e. The monoisotopic (exact) mass is 222 g/mol. The number of rotatable bonds is 5. The van der Waals surface area contributed by atoms with Gasteiger partial charge in [-0.25, -0.2) is 0 Å². The zero-order valence-electron chi connectivity index (χ0n) is 10.8. The second-order valence-corrected chi connectivity index (χ2v) is 6.59. The molecule has 3 rings (SSSR count). The zero-order chi connectivity index (χ0) is 11.2. The Morgan fingerprint density at radius 2 is 2.00 bits per heavy atom. The molecule has 0 radical (unpaired) electrons. The van der Waals surface area contributed by atoms with Gasteiger partial charge in [0.2, 0.25) is 0 Å². The second-order valence-electron chi connectivity index (χ2n) is 6.59. The molecule has 1 atom stereocenters. The lowest BCUT2D eigenvalue weighted by Crippen LogP contribution is -2.38. The summed E-state index contributed by atoms with van der Waals surface area (Å²) in [6, 6.07) is 1.50. The maximum Gasteiger partial charge on any atom is 0.0207 e. The van der Waals surface area contributed by atoms with Crippen molar-refractivity contribution in [2.45, 2.75) is 58.0 Å². The quantitative estimate of drug-likeness (QED) is 0.767. The van der Waals surface area contributed by atoms with Gasteiger partial charge in [0.25, 0.3) is 0 Å². The summed E-state index contributed by atoms with van der Waals surface area (Å²) < 4.78 is 0. The minimum atomic E-state index is 0.727. The summed E-state index contributed by atoms with van der Waals surface area (Å²) in [4.78, 5) is 2.61. The molecular weight excluding hydrogens is 196 g/mol. The van der Waals surface area contributed by atoms with Gasteiger partial charge in [-0.1, -0.05) is 0 Å². The molecule has 0 aromatic carbocycles. The predicted molar refractivity (Wildman–Crippen MR) is 67.5 cm³/mol. The summed E-state index contributed by atoms with van der Waals surface area (Å²) in [6.07, 6.45) is 7.41. The molecule has 0 bridgehead atoms. The molecule has 1 saturated heterocycles. The molecule has 1 heterocycles. The molecule has 3 aliphatic rings. The van der Waals surface area contributed by atoms with Crippen molar-refractivity contribution in [1.82, 2.24) is 10.2 Å². The van der Waals surface area contributed by atoms with Crippen molar-refractivity contribution in [2.24, 2.45) is 11.3 Å². The topological polar surface area (TPSA) is 15.3 Å². The van der Waals surface area contributed by atoms with E-state index in [0.29, 0.717) is 0 Å². The Balaban J connectivity index is 1.43. The maximum absolute atomic E-state index is 3.85. The van der Waals surface area contributed by atoms with Crippen LogP contribution in [0, 0.1) is 11.3 Å². The number of hydrogen-bond acceptors (Lipinski definition) is 2. The van der Waals surface area contributed by atoms with Crippen LogP contribution in [0.1, 0.15) is 46.0 Å². The van der Waals surface area contributed by atoms with E-state index in [9.17, 15) is 0 Å². The van der Waals surface area contributed by atoms with E-state index >= 15 is 0 Å². The summed E-state index contributed by atoms with van der Waals surface area (Å²) in [5.74, 6) is 1.10. The zero-order valence-corrected chi connectivity index (χ0v) is 10.8. The first-order chi connectivity index (χ1) is 7.70. The van der Waals surface area contributed by atoms with Gasteiger partial charge in [-0.2, -0.15) is 0 Å². The highest BCUT2D eigenvalue weighted by Crippen LogP contribution is 2.60. The maximum atomic E-state index is 3.85. The van der Waals surface area contributed by atoms with Crippen molar-refractivity contribution < 1.29 is 0 Å². The first-order valence-electron chi connectivity index (χ1n) is 7.17. The molecule has 16 heavy (non-hydrogen) atoms. The standard InChI is InChI=1S/C14H26N2/c1-11(2)16-8-5-13(9-16)15-10-14(6-7-14)12-3-4-12/h11-13,15H,3-10H2,1-2H3. The van der Waals surface area contributed by atoms with Crippen LogP contribution in [0.15, 0.2) is 0 Å². The van der Waals surface area contributed by atoms with Gasteiger partial charge in [-0.15, -0.1) is 0 Å². The van der Waals surface area contributed by atoms with Crippen LogP contribution in [0.2, 0.25) is 0 Å². The highest BCUT2D eigenvalue weighted by molar-refractivity contribution is 5.05. The van der Waals surface area contributed by atoms with Crippen LogP contribution in [-0.4, -0.2) is 36.6 Å². The highest BCUT2D eigenvalue weighted by Gasteiger charge is 2.53. The Bertz CT molecular complexity index is 253. The lowest BCUT2D eigenvalue weighted by atomic mass is 10.0. The minimum absolute atomic E-state index is 0.727. The lowest BCUT2D eigenvalue weighted by Gasteiger charge is -2.22. The third-order valence-corrected chi connectivity index (χ3v) is 5.03. The molecule has 0 aromatic rings. The average molecular weight is 222 g/mol. The van der Waals surface area contributed by atoms with Crippen molar-refractivity contribution in [3.8, 4) is 0 Å². The first kappa shape index (κ1) is 11.0. The molecule has 0 aromatic heterocycles. The molecule has 0 spiro atoms. The molecule has 2 heteroatoms. The van der Waals surface area contributed by atoms with Crippen LogP contribution in [0.3, 0.4) is 0 Å². The van der Waals surface area contributed by atoms with E-state index in [1.807, 2.05) is 0 Å². The van der Waals surface area contributed by atoms with Gasteiger partial charge in [-0.3, -0.25) is 4.90 Å². The Kier molecular flexibility index (Phi) is 2.75. The molecule has 2 aliphatic carbocycles. The molecule has 1 aliphatic heterocycles. The molecule has 2 saturated carbocycles. The average Bonchev–Trinajstić information content (AvgIpc) is 3.13. The molecule has 1 unspecified atom stereocenters. The summed E-state index contributed by atoms with van der Waals surface area (Å²) in [7, 11) is 0. The van der Waals surface area contributed by atoms with Gasteiger partial charge in [0.1, 0.15) is 0 Å². The lowest BCUT2D eigenvalue weighted by molar-refractivity contribution is 0.265. The van der Waals surface area contributed by atoms with Gasteiger partial charge < -0.3 is 5.32 Å². The SMILES string of the molecule is CC(C)N1CCC(NCC2(C3CC3)CC2)C1. The normalized spacial score (nSPS) is 33.6. The van der Waals surface area contributed by atoms with Crippen LogP contribution >= 0.6 is 0 Å². The van der Waals surface area contributed by atoms with E-state index in [-0.39, 0.29) is 0 Å². The summed E-state index contributed by atoms with van der Waals surface area (Å²) in [5, 5.41) is 3.85. The number of nitrogens with zero attached hydrogens (tertiary/aromatic N) is 1. The Morgan fingerprint density at radius 1 is 1.25 bits per heavy atom. The fraction of sp³-hybridized carbons (Fsp3) is 1.00. The molecular formula is C14H26N2. The van der Waals surface area contributed by atoms with Gasteiger partial charge in [0.05, 0.1) is 0 Å². The van der Waals surface area contributed by atoms with E-state index in [1.54, 1.807) is 0 Å². The van der Waals surface area contributed by atoms with Gasteiger partial charge in [-0.05, 0) is 63.8 Å². The van der Waals surface area contributed by atoms with Crippen LogP contribution < -0.4 is 5.32 Å². The van der Waals surface area contributed by atoms with E-state index in [2.05, 4.69) is 24.1 Å². The Labute approximate surface area is 99.8 Å². The van der Waals surface area contributed by atoms with Crippen molar-refractivity contribution in [3.63, 3.8) is 0 Å². The van der Waals surface area contributed by atoms with Crippen molar-refractivity contribution in [1.29, 1.82) is 0 Å². The molecule has 0 amide bonds. The van der Waals surface area contributed by atoms with E-state index in [4.69, 9.17) is 0 Å². The summed E-state index contributed by atoms with van der Waals surface area (Å²) >= 11 is 0. The Morgan fingerprint density at radius 3 is 2.50 bits per heavy atom. The van der Waals surface area contributed by atoms with Crippen LogP contribution in [0.5, 0.6) is 0 Å². The fourth-order valence-electron chi connectivity index (χ4n) is 3.36. The van der Waals surface area contributed by atoms with Gasteiger partial charge in [0.15, 0.2) is 0 Å². The van der Waals surface area contributed by atoms with E-state index < -0.39 is 0 Å². The van der Waals surface area contributed by atoms with E-state index in [0.717, 1.165) is 23.4 Å². The number of hydrogen-bond donors (Lipinski definition) is 1. The number of nitrogens with one attached hydrogen (secondary N) is 1. The van der Waals surface area contributed by atoms with Crippen LogP contribution in [0.4, 0.5) is 0 Å². The van der Waals surface area contributed by atoms with E-state index in [1.165, 1.54) is 51.7 Å². The van der Waals surface area contributed by atoms with Crippen LogP contribution in [0.25, 0.3) is 0 Å². The van der Waals surface area contributed by atoms with Crippen molar-refractivity contribution in [3.05, 3.63) is 0 Å². The third-order valence-electron chi connectivity index (χ3n) is 5.03. The van der Waals surface area contributed by atoms with Gasteiger partial charge in [0, 0.05) is 25.2 Å². The fourth-order valence-corrected chi connectivity index (χ4v) is 3.36. The van der Waals surface area contributed by atoms with Gasteiger partial charge >= 0.3 is 0 Å². The minimum Gasteiger partial charge on any atom is -0.312 e. The molecule has 92 valence electrons. The van der Waals surface area contributed by atoms with Crippen LogP contribution in [-0.2, 0) is 0 Å². The summed E-state index contributed by atoms with van der Waals surface area (Å²) in [5.41, 5.74) is 0.769. The molecule has 2 nitrogen and oxygen atoms in total. The Hall–Kier alpha value is -0.0800. The summed E-state index contributed by atoms with van der Waals surface area (Å²) in [6.45, 7) is 8.52. The third kappa shape index (κ3) is 2.14. The second kappa shape index (κ2) is 3.99. The smallest absolute Gasteiger partial charge is 0.0207 e. The highest BCUT2D eigenvalue weighted by atomic mass is 15.2. The first-order valence-corrected chi connectivity index (χ1v) is 7.17. The molecule has 3 fully saturated rings. The predicted octanol–water partition coefficient (Wildman–Crippen LogP) is 2.25.